The van der Waals surface area contributed by atoms with Crippen LogP contribution in [0.3, 0.4) is 0 Å². The van der Waals surface area contributed by atoms with Crippen molar-refractivity contribution < 1.29 is 4.79 Å². The normalized spacial score (nSPS) is 24.4. The van der Waals surface area contributed by atoms with Crippen LogP contribution in [0.25, 0.3) is 0 Å². The van der Waals surface area contributed by atoms with Gasteiger partial charge in [0.1, 0.15) is 0 Å². The predicted molar refractivity (Wildman–Crippen MR) is 57.4 cm³/mol. The first-order valence-corrected chi connectivity index (χ1v) is 5.11. The molecule has 74 valence electrons. The summed E-state index contributed by atoms with van der Waals surface area (Å²) >= 11 is 5.73. The first-order chi connectivity index (χ1) is 6.66. The quantitative estimate of drug-likeness (QED) is 0.797. The van der Waals surface area contributed by atoms with Gasteiger partial charge in [0.2, 0.25) is 5.91 Å². The third kappa shape index (κ3) is 2.07. The lowest BCUT2D eigenvalue weighted by atomic mass is 10.3. The highest BCUT2D eigenvalue weighted by atomic mass is 35.5. The fraction of sp³-hybridized carbons (Fsp3) is 0.364. The summed E-state index contributed by atoms with van der Waals surface area (Å²) in [5.74, 6) is 0.882. The van der Waals surface area contributed by atoms with E-state index in [0.29, 0.717) is 10.9 Å². The van der Waals surface area contributed by atoms with Crippen LogP contribution >= 0.6 is 11.6 Å². The van der Waals surface area contributed by atoms with Gasteiger partial charge in [0.05, 0.1) is 0 Å². The average molecular weight is 210 g/mol. The molecule has 0 spiro atoms. The number of anilines is 1. The molecular formula is C11H12ClNO. The van der Waals surface area contributed by atoms with Gasteiger partial charge in [0.25, 0.3) is 0 Å². The zero-order valence-electron chi connectivity index (χ0n) is 7.96. The number of hydrogen-bond acceptors (Lipinski definition) is 1. The van der Waals surface area contributed by atoms with Gasteiger partial charge in [0, 0.05) is 16.6 Å². The van der Waals surface area contributed by atoms with Crippen LogP contribution in [0.4, 0.5) is 5.69 Å². The van der Waals surface area contributed by atoms with Crippen molar-refractivity contribution in [2.75, 3.05) is 5.32 Å². The van der Waals surface area contributed by atoms with E-state index >= 15 is 0 Å². The number of rotatable bonds is 2. The highest BCUT2D eigenvalue weighted by Gasteiger charge is 2.38. The van der Waals surface area contributed by atoms with Crippen LogP contribution < -0.4 is 5.32 Å². The lowest BCUT2D eigenvalue weighted by Crippen LogP contribution is -2.14. The second-order valence-corrected chi connectivity index (χ2v) is 4.25. The number of nitrogens with one attached hydrogen (secondary N) is 1. The first kappa shape index (κ1) is 9.53. The molecule has 0 radical (unpaired) electrons. The lowest BCUT2D eigenvalue weighted by Gasteiger charge is -2.03. The molecule has 2 rings (SSSR count). The number of carbonyl (C=O) groups excluding carboxylic acids is 1. The van der Waals surface area contributed by atoms with Crippen molar-refractivity contribution in [3.63, 3.8) is 0 Å². The molecule has 1 aromatic carbocycles. The Hall–Kier alpha value is -1.02. The van der Waals surface area contributed by atoms with Crippen molar-refractivity contribution in [3.8, 4) is 0 Å². The maximum Gasteiger partial charge on any atom is 0.227 e. The Morgan fingerprint density at radius 3 is 2.50 bits per heavy atom. The van der Waals surface area contributed by atoms with E-state index in [-0.39, 0.29) is 11.8 Å². The summed E-state index contributed by atoms with van der Waals surface area (Å²) in [5.41, 5.74) is 0.818. The van der Waals surface area contributed by atoms with E-state index in [0.717, 1.165) is 12.1 Å². The molecule has 0 heterocycles. The van der Waals surface area contributed by atoms with Crippen molar-refractivity contribution in [2.24, 2.45) is 11.8 Å². The van der Waals surface area contributed by atoms with E-state index in [4.69, 9.17) is 11.6 Å². The smallest absolute Gasteiger partial charge is 0.227 e. The van der Waals surface area contributed by atoms with E-state index in [1.807, 2.05) is 12.1 Å². The zero-order valence-corrected chi connectivity index (χ0v) is 8.71. The van der Waals surface area contributed by atoms with Gasteiger partial charge in [0.15, 0.2) is 0 Å². The highest BCUT2D eigenvalue weighted by molar-refractivity contribution is 6.30. The zero-order chi connectivity index (χ0) is 10.1. The van der Waals surface area contributed by atoms with Gasteiger partial charge >= 0.3 is 0 Å². The van der Waals surface area contributed by atoms with Gasteiger partial charge in [-0.25, -0.2) is 0 Å². The Morgan fingerprint density at radius 1 is 1.43 bits per heavy atom. The number of hydrogen-bond donors (Lipinski definition) is 1. The minimum Gasteiger partial charge on any atom is -0.326 e. The van der Waals surface area contributed by atoms with Crippen molar-refractivity contribution >= 4 is 23.2 Å². The fourth-order valence-corrected chi connectivity index (χ4v) is 1.58. The molecule has 2 atom stereocenters. The minimum absolute atomic E-state index is 0.125. The molecule has 1 N–H and O–H groups in total. The topological polar surface area (TPSA) is 29.1 Å². The molecule has 0 aliphatic heterocycles. The van der Waals surface area contributed by atoms with Gasteiger partial charge in [-0.05, 0) is 36.6 Å². The average Bonchev–Trinajstić information content (AvgIpc) is 2.87. The molecule has 1 fully saturated rings. The Labute approximate surface area is 88.3 Å². The molecule has 1 aliphatic carbocycles. The summed E-state index contributed by atoms with van der Waals surface area (Å²) in [5, 5.41) is 3.55. The molecule has 3 heteroatoms. The number of carbonyl (C=O) groups is 1. The number of benzene rings is 1. The van der Waals surface area contributed by atoms with Crippen molar-refractivity contribution in [2.45, 2.75) is 13.3 Å². The van der Waals surface area contributed by atoms with Gasteiger partial charge in [-0.2, -0.15) is 0 Å². The fourth-order valence-electron chi connectivity index (χ4n) is 1.46. The standard InChI is InChI=1S/C11H12ClNO/c1-7-6-10(7)11(14)13-9-4-2-8(12)3-5-9/h2-5,7,10H,6H2,1H3,(H,13,14)/t7-,10+/m1/s1. The molecule has 0 unspecified atom stereocenters. The Kier molecular flexibility index (Phi) is 2.46. The molecule has 0 bridgehead atoms. The van der Waals surface area contributed by atoms with Crippen LogP contribution in [-0.4, -0.2) is 5.91 Å². The second-order valence-electron chi connectivity index (χ2n) is 3.82. The van der Waals surface area contributed by atoms with Gasteiger partial charge in [-0.1, -0.05) is 18.5 Å². The molecule has 1 aromatic rings. The predicted octanol–water partition coefficient (Wildman–Crippen LogP) is 2.93. The van der Waals surface area contributed by atoms with E-state index in [1.165, 1.54) is 0 Å². The summed E-state index contributed by atoms with van der Waals surface area (Å²) in [4.78, 5) is 11.5. The molecular weight excluding hydrogens is 198 g/mol. The maximum atomic E-state index is 11.5. The van der Waals surface area contributed by atoms with E-state index < -0.39 is 0 Å². The summed E-state index contributed by atoms with van der Waals surface area (Å²) in [6.07, 6.45) is 1.01. The summed E-state index contributed by atoms with van der Waals surface area (Å²) < 4.78 is 0. The summed E-state index contributed by atoms with van der Waals surface area (Å²) in [6.45, 7) is 2.09. The lowest BCUT2D eigenvalue weighted by molar-refractivity contribution is -0.117. The SMILES string of the molecule is C[C@@H]1C[C@@H]1C(=O)Nc1ccc(Cl)cc1. The minimum atomic E-state index is 0.125. The van der Waals surface area contributed by atoms with Crippen LogP contribution in [0, 0.1) is 11.8 Å². The van der Waals surface area contributed by atoms with Crippen LogP contribution in [0.5, 0.6) is 0 Å². The Balaban J connectivity index is 1.97. The Bertz CT molecular complexity index is 347. The van der Waals surface area contributed by atoms with Crippen molar-refractivity contribution in [1.82, 2.24) is 0 Å². The molecule has 1 aliphatic rings. The molecule has 14 heavy (non-hydrogen) atoms. The van der Waals surface area contributed by atoms with Crippen LogP contribution in [0.15, 0.2) is 24.3 Å². The van der Waals surface area contributed by atoms with Crippen LogP contribution in [-0.2, 0) is 4.79 Å². The maximum absolute atomic E-state index is 11.5. The summed E-state index contributed by atoms with van der Waals surface area (Å²) in [7, 11) is 0. The van der Waals surface area contributed by atoms with Gasteiger partial charge < -0.3 is 5.32 Å². The largest absolute Gasteiger partial charge is 0.326 e. The van der Waals surface area contributed by atoms with Crippen LogP contribution in [0.2, 0.25) is 5.02 Å². The van der Waals surface area contributed by atoms with Gasteiger partial charge in [-0.15, -0.1) is 0 Å². The third-order valence-corrected chi connectivity index (χ3v) is 2.81. The monoisotopic (exact) mass is 209 g/mol. The van der Waals surface area contributed by atoms with Crippen molar-refractivity contribution in [1.29, 1.82) is 0 Å². The molecule has 2 nitrogen and oxygen atoms in total. The van der Waals surface area contributed by atoms with E-state index in [2.05, 4.69) is 12.2 Å². The first-order valence-electron chi connectivity index (χ1n) is 4.73. The number of amides is 1. The molecule has 0 aromatic heterocycles. The van der Waals surface area contributed by atoms with Gasteiger partial charge in [-0.3, -0.25) is 4.79 Å². The van der Waals surface area contributed by atoms with Crippen LogP contribution in [0.1, 0.15) is 13.3 Å². The second kappa shape index (κ2) is 3.62. The molecule has 1 amide bonds. The summed E-state index contributed by atoms with van der Waals surface area (Å²) in [6, 6.07) is 7.17. The van der Waals surface area contributed by atoms with Crippen molar-refractivity contribution in [3.05, 3.63) is 29.3 Å². The van der Waals surface area contributed by atoms with E-state index in [9.17, 15) is 4.79 Å². The molecule has 0 saturated heterocycles. The van der Waals surface area contributed by atoms with E-state index in [1.54, 1.807) is 12.1 Å². The highest BCUT2D eigenvalue weighted by Crippen LogP contribution is 2.38. The Morgan fingerprint density at radius 2 is 2.00 bits per heavy atom. The molecule has 1 saturated carbocycles. The number of halogens is 1. The third-order valence-electron chi connectivity index (χ3n) is 2.56.